The minimum atomic E-state index is -3.58. The van der Waals surface area contributed by atoms with E-state index in [1.165, 1.54) is 0 Å². The minimum Gasteiger partial charge on any atom is -0.496 e. The standard InChI is InChI=1S/C18H20BrNO3S2/c1-12-11-17(13(2)10-16(12)23-3)25(21,22)20-8-9-24-18(20)14-4-6-15(19)7-5-14/h4-7,10-11,18H,8-9H2,1-3H3. The number of hydrogen-bond acceptors (Lipinski definition) is 4. The van der Waals surface area contributed by atoms with Crippen molar-refractivity contribution in [3.63, 3.8) is 0 Å². The summed E-state index contributed by atoms with van der Waals surface area (Å²) in [5, 5.41) is -0.195. The molecule has 3 rings (SSSR count). The van der Waals surface area contributed by atoms with Gasteiger partial charge in [-0.05, 0) is 54.8 Å². The fourth-order valence-corrected chi connectivity index (χ4v) is 6.78. The average molecular weight is 442 g/mol. The summed E-state index contributed by atoms with van der Waals surface area (Å²) in [7, 11) is -1.99. The van der Waals surface area contributed by atoms with Crippen LogP contribution in [0.2, 0.25) is 0 Å². The van der Waals surface area contributed by atoms with Crippen LogP contribution in [-0.2, 0) is 10.0 Å². The van der Waals surface area contributed by atoms with Gasteiger partial charge in [0.05, 0.1) is 17.4 Å². The molecule has 25 heavy (non-hydrogen) atoms. The molecule has 1 heterocycles. The van der Waals surface area contributed by atoms with Crippen molar-refractivity contribution in [2.75, 3.05) is 19.4 Å². The monoisotopic (exact) mass is 441 g/mol. The number of rotatable bonds is 4. The molecular formula is C18H20BrNO3S2. The molecule has 1 atom stereocenters. The van der Waals surface area contributed by atoms with Crippen LogP contribution in [0.1, 0.15) is 22.1 Å². The zero-order chi connectivity index (χ0) is 18.2. The molecule has 134 valence electrons. The van der Waals surface area contributed by atoms with E-state index in [1.54, 1.807) is 35.3 Å². The number of ether oxygens (including phenoxy) is 1. The van der Waals surface area contributed by atoms with Crippen molar-refractivity contribution in [2.45, 2.75) is 24.1 Å². The van der Waals surface area contributed by atoms with Crippen LogP contribution in [0.5, 0.6) is 5.75 Å². The van der Waals surface area contributed by atoms with Crippen molar-refractivity contribution in [1.82, 2.24) is 4.31 Å². The van der Waals surface area contributed by atoms with Crippen LogP contribution in [0.3, 0.4) is 0 Å². The van der Waals surface area contributed by atoms with E-state index < -0.39 is 10.0 Å². The Bertz CT molecular complexity index is 882. The second-order valence-corrected chi connectivity index (χ2v) is 9.94. The molecule has 0 radical (unpaired) electrons. The molecule has 0 spiro atoms. The van der Waals surface area contributed by atoms with E-state index in [4.69, 9.17) is 4.74 Å². The van der Waals surface area contributed by atoms with Crippen LogP contribution in [0.4, 0.5) is 0 Å². The van der Waals surface area contributed by atoms with Gasteiger partial charge < -0.3 is 4.74 Å². The van der Waals surface area contributed by atoms with E-state index in [2.05, 4.69) is 15.9 Å². The van der Waals surface area contributed by atoms with Crippen molar-refractivity contribution >= 4 is 37.7 Å². The quantitative estimate of drug-likeness (QED) is 0.699. The molecule has 7 heteroatoms. The van der Waals surface area contributed by atoms with Crippen molar-refractivity contribution in [2.24, 2.45) is 0 Å². The summed E-state index contributed by atoms with van der Waals surface area (Å²) in [5.74, 6) is 1.49. The normalized spacial score (nSPS) is 18.5. The topological polar surface area (TPSA) is 46.6 Å². The average Bonchev–Trinajstić information content (AvgIpc) is 3.07. The number of aryl methyl sites for hydroxylation is 2. The maximum Gasteiger partial charge on any atom is 0.244 e. The molecular weight excluding hydrogens is 422 g/mol. The van der Waals surface area contributed by atoms with Gasteiger partial charge in [-0.1, -0.05) is 28.1 Å². The summed E-state index contributed by atoms with van der Waals surface area (Å²) in [6.07, 6.45) is 0. The summed E-state index contributed by atoms with van der Waals surface area (Å²) in [4.78, 5) is 0.357. The lowest BCUT2D eigenvalue weighted by molar-refractivity contribution is 0.410. The maximum atomic E-state index is 13.3. The lowest BCUT2D eigenvalue weighted by atomic mass is 10.1. The molecule has 2 aromatic carbocycles. The van der Waals surface area contributed by atoms with E-state index in [-0.39, 0.29) is 5.37 Å². The van der Waals surface area contributed by atoms with Crippen LogP contribution in [0, 0.1) is 13.8 Å². The first-order chi connectivity index (χ1) is 11.8. The molecule has 0 N–H and O–H groups in total. The summed E-state index contributed by atoms with van der Waals surface area (Å²) in [6.45, 7) is 4.19. The molecule has 0 aromatic heterocycles. The molecule has 0 amide bonds. The first kappa shape index (κ1) is 18.8. The number of methoxy groups -OCH3 is 1. The molecule has 1 aliphatic heterocycles. The third kappa shape index (κ3) is 3.60. The molecule has 0 aliphatic carbocycles. The number of nitrogens with zero attached hydrogens (tertiary/aromatic N) is 1. The van der Waals surface area contributed by atoms with Gasteiger partial charge in [-0.15, -0.1) is 11.8 Å². The van der Waals surface area contributed by atoms with Gasteiger partial charge in [0, 0.05) is 16.8 Å². The van der Waals surface area contributed by atoms with E-state index in [1.807, 2.05) is 38.1 Å². The van der Waals surface area contributed by atoms with Crippen LogP contribution in [0.25, 0.3) is 0 Å². The molecule has 1 aliphatic rings. The van der Waals surface area contributed by atoms with E-state index in [9.17, 15) is 8.42 Å². The molecule has 1 saturated heterocycles. The van der Waals surface area contributed by atoms with E-state index in [0.29, 0.717) is 22.8 Å². The predicted octanol–water partition coefficient (Wildman–Crippen LogP) is 4.51. The molecule has 4 nitrogen and oxygen atoms in total. The van der Waals surface area contributed by atoms with Gasteiger partial charge in [0.25, 0.3) is 0 Å². The van der Waals surface area contributed by atoms with Crippen molar-refractivity contribution in [1.29, 1.82) is 0 Å². The third-order valence-corrected chi connectivity index (χ3v) is 8.21. The number of sulfonamides is 1. The Morgan fingerprint density at radius 1 is 1.16 bits per heavy atom. The Kier molecular flexibility index (Phi) is 5.48. The molecule has 1 unspecified atom stereocenters. The SMILES string of the molecule is COc1cc(C)c(S(=O)(=O)N2CCSC2c2ccc(Br)cc2)cc1C. The van der Waals surface area contributed by atoms with Crippen LogP contribution in [-0.4, -0.2) is 32.1 Å². The highest BCUT2D eigenvalue weighted by atomic mass is 79.9. The maximum absolute atomic E-state index is 13.3. The van der Waals surface area contributed by atoms with Gasteiger partial charge >= 0.3 is 0 Å². The molecule has 2 aromatic rings. The Labute approximate surface area is 161 Å². The summed E-state index contributed by atoms with van der Waals surface area (Å²) in [5.41, 5.74) is 2.52. The van der Waals surface area contributed by atoms with E-state index in [0.717, 1.165) is 21.4 Å². The van der Waals surface area contributed by atoms with Crippen LogP contribution in [0.15, 0.2) is 45.8 Å². The van der Waals surface area contributed by atoms with E-state index >= 15 is 0 Å². The second-order valence-electron chi connectivity index (χ2n) is 5.98. The first-order valence-corrected chi connectivity index (χ1v) is 11.2. The van der Waals surface area contributed by atoms with Gasteiger partial charge in [-0.3, -0.25) is 0 Å². The summed E-state index contributed by atoms with van der Waals surface area (Å²) >= 11 is 5.08. The summed E-state index contributed by atoms with van der Waals surface area (Å²) < 4.78 is 34.5. The first-order valence-electron chi connectivity index (χ1n) is 7.88. The zero-order valence-corrected chi connectivity index (χ0v) is 17.5. The van der Waals surface area contributed by atoms with Crippen molar-refractivity contribution in [3.8, 4) is 5.75 Å². The third-order valence-electron chi connectivity index (χ3n) is 4.28. The highest BCUT2D eigenvalue weighted by molar-refractivity contribution is 9.10. The Morgan fingerprint density at radius 3 is 2.48 bits per heavy atom. The highest BCUT2D eigenvalue weighted by Crippen LogP contribution is 2.42. The van der Waals surface area contributed by atoms with Gasteiger partial charge in [0.1, 0.15) is 5.75 Å². The minimum absolute atomic E-state index is 0.195. The fraction of sp³-hybridized carbons (Fsp3) is 0.333. The van der Waals surface area contributed by atoms with Crippen molar-refractivity contribution in [3.05, 3.63) is 57.6 Å². The second kappa shape index (κ2) is 7.31. The number of thioether (sulfide) groups is 1. The number of benzene rings is 2. The van der Waals surface area contributed by atoms with Gasteiger partial charge in [0.15, 0.2) is 0 Å². The smallest absolute Gasteiger partial charge is 0.244 e. The summed E-state index contributed by atoms with van der Waals surface area (Å²) in [6, 6.07) is 11.3. The van der Waals surface area contributed by atoms with Gasteiger partial charge in [-0.25, -0.2) is 8.42 Å². The Hall–Kier alpha value is -1.02. The molecule has 0 bridgehead atoms. The largest absolute Gasteiger partial charge is 0.496 e. The Balaban J connectivity index is 2.01. The Morgan fingerprint density at radius 2 is 1.84 bits per heavy atom. The predicted molar refractivity (Wildman–Crippen MR) is 106 cm³/mol. The number of halogens is 1. The van der Waals surface area contributed by atoms with Crippen LogP contribution >= 0.6 is 27.7 Å². The number of hydrogen-bond donors (Lipinski definition) is 0. The van der Waals surface area contributed by atoms with Gasteiger partial charge in [-0.2, -0.15) is 4.31 Å². The lowest BCUT2D eigenvalue weighted by Gasteiger charge is -2.25. The van der Waals surface area contributed by atoms with Crippen molar-refractivity contribution < 1.29 is 13.2 Å². The lowest BCUT2D eigenvalue weighted by Crippen LogP contribution is -2.31. The zero-order valence-electron chi connectivity index (χ0n) is 14.3. The fourth-order valence-electron chi connectivity index (χ4n) is 2.98. The molecule has 0 saturated carbocycles. The highest BCUT2D eigenvalue weighted by Gasteiger charge is 2.37. The molecule has 1 fully saturated rings. The van der Waals surface area contributed by atoms with Crippen LogP contribution < -0.4 is 4.74 Å². The van der Waals surface area contributed by atoms with Gasteiger partial charge in [0.2, 0.25) is 10.0 Å².